The van der Waals surface area contributed by atoms with Crippen molar-refractivity contribution in [1.82, 2.24) is 4.98 Å². The van der Waals surface area contributed by atoms with E-state index in [0.29, 0.717) is 0 Å². The first-order valence-electron chi connectivity index (χ1n) is 17.3. The second-order valence-electron chi connectivity index (χ2n) is 13.0. The molecular weight excluding hydrogens is 605 g/mol. The minimum absolute atomic E-state index is 0.771. The van der Waals surface area contributed by atoms with Gasteiger partial charge in [-0.3, -0.25) is 0 Å². The number of nitrogen functional groups attached to an aromatic ring is 1. The van der Waals surface area contributed by atoms with Crippen LogP contribution in [0.3, 0.4) is 0 Å². The van der Waals surface area contributed by atoms with Crippen LogP contribution in [0.4, 0.5) is 5.69 Å². The first-order chi connectivity index (χ1) is 24.6. The summed E-state index contributed by atoms with van der Waals surface area (Å²) in [6.45, 7) is 2.10. The van der Waals surface area contributed by atoms with E-state index in [-0.39, 0.29) is 0 Å². The van der Waals surface area contributed by atoms with Crippen LogP contribution in [0.2, 0.25) is 0 Å². The lowest BCUT2D eigenvalue weighted by atomic mass is 9.91. The molecule has 1 aliphatic rings. The molecule has 2 heteroatoms. The molecule has 0 unspecified atom stereocenters. The van der Waals surface area contributed by atoms with Crippen LogP contribution in [0.5, 0.6) is 0 Å². The zero-order valence-corrected chi connectivity index (χ0v) is 28.2. The van der Waals surface area contributed by atoms with Crippen LogP contribution >= 0.6 is 0 Å². The van der Waals surface area contributed by atoms with E-state index >= 15 is 0 Å². The predicted molar refractivity (Wildman–Crippen MR) is 212 cm³/mol. The van der Waals surface area contributed by atoms with Gasteiger partial charge in [0.15, 0.2) is 0 Å². The molecule has 7 aromatic rings. The number of nitrogens with zero attached hydrogens (tertiary/aromatic N) is 1. The van der Waals surface area contributed by atoms with Gasteiger partial charge < -0.3 is 5.73 Å². The van der Waals surface area contributed by atoms with Crippen molar-refractivity contribution in [2.24, 2.45) is 0 Å². The normalized spacial score (nSPS) is 12.5. The molecule has 1 aromatic heterocycles. The van der Waals surface area contributed by atoms with E-state index in [0.717, 1.165) is 63.3 Å². The molecule has 6 aromatic carbocycles. The zero-order chi connectivity index (χ0) is 33.9. The third-order valence-corrected chi connectivity index (χ3v) is 9.49. The van der Waals surface area contributed by atoms with E-state index < -0.39 is 0 Å². The Morgan fingerprint density at radius 3 is 1.64 bits per heavy atom. The fourth-order valence-corrected chi connectivity index (χ4v) is 6.81. The number of rotatable bonds is 7. The van der Waals surface area contributed by atoms with Crippen LogP contribution in [-0.4, -0.2) is 4.98 Å². The van der Waals surface area contributed by atoms with Gasteiger partial charge in [-0.1, -0.05) is 133 Å². The lowest BCUT2D eigenvalue weighted by Crippen LogP contribution is -1.93. The molecule has 0 atom stereocenters. The van der Waals surface area contributed by atoms with Gasteiger partial charge in [-0.15, -0.1) is 0 Å². The fraction of sp³-hybridized carbons (Fsp3) is 0.0625. The second kappa shape index (κ2) is 13.7. The smallest absolute Gasteiger partial charge is 0.0715 e. The molecule has 0 spiro atoms. The predicted octanol–water partition coefficient (Wildman–Crippen LogP) is 12.7. The third kappa shape index (κ3) is 6.57. The van der Waals surface area contributed by atoms with E-state index in [1.807, 2.05) is 12.1 Å². The molecule has 240 valence electrons. The zero-order valence-electron chi connectivity index (χ0n) is 28.2. The summed E-state index contributed by atoms with van der Waals surface area (Å²) >= 11 is 0. The van der Waals surface area contributed by atoms with E-state index in [9.17, 15) is 0 Å². The first kappa shape index (κ1) is 31.0. The Kier molecular flexibility index (Phi) is 8.51. The molecule has 0 aliphatic heterocycles. The van der Waals surface area contributed by atoms with E-state index in [1.165, 1.54) is 39.0 Å². The summed E-state index contributed by atoms with van der Waals surface area (Å²) in [5.41, 5.74) is 24.2. The van der Waals surface area contributed by atoms with E-state index in [2.05, 4.69) is 171 Å². The van der Waals surface area contributed by atoms with Crippen molar-refractivity contribution in [3.8, 4) is 67.0 Å². The van der Waals surface area contributed by atoms with Crippen LogP contribution in [0.1, 0.15) is 24.0 Å². The number of allylic oxidation sites excluding steroid dienone is 4. The molecule has 0 bridgehead atoms. The van der Waals surface area contributed by atoms with Crippen molar-refractivity contribution < 1.29 is 0 Å². The van der Waals surface area contributed by atoms with Crippen molar-refractivity contribution in [2.45, 2.75) is 19.8 Å². The second-order valence-corrected chi connectivity index (χ2v) is 13.0. The van der Waals surface area contributed by atoms with E-state index in [1.54, 1.807) is 0 Å². The molecule has 2 nitrogen and oxygen atoms in total. The molecule has 50 heavy (non-hydrogen) atoms. The number of nitrogens with two attached hydrogens (primary N) is 1. The molecule has 0 saturated carbocycles. The van der Waals surface area contributed by atoms with Crippen molar-refractivity contribution in [1.29, 1.82) is 0 Å². The van der Waals surface area contributed by atoms with Gasteiger partial charge in [0.2, 0.25) is 0 Å². The summed E-state index contributed by atoms with van der Waals surface area (Å²) in [7, 11) is 0. The molecule has 1 heterocycles. The van der Waals surface area contributed by atoms with Gasteiger partial charge in [-0.25, -0.2) is 4.98 Å². The quantitative estimate of drug-likeness (QED) is 0.176. The Bertz CT molecular complexity index is 2370. The van der Waals surface area contributed by atoms with Crippen LogP contribution in [0, 0.1) is 6.92 Å². The van der Waals surface area contributed by atoms with Gasteiger partial charge in [0.05, 0.1) is 11.4 Å². The highest BCUT2D eigenvalue weighted by molar-refractivity contribution is 5.85. The Morgan fingerprint density at radius 2 is 0.980 bits per heavy atom. The number of benzene rings is 6. The standard InChI is InChI=1S/C48H38N2/c1-33-20-25-46(49)45(26-33)39-18-11-19-40(27-39)48-32-44(31-47(50-48)38-16-9-4-10-17-38)37-23-21-36(22-24-37)43-29-41(34-12-5-2-6-13-34)28-42(30-43)35-14-7-3-8-15-35/h2,4-7,9-32H,3,8,49H2,1H3. The number of aryl methyl sites for hydroxylation is 1. The number of pyridine rings is 1. The van der Waals surface area contributed by atoms with Crippen LogP contribution in [-0.2, 0) is 0 Å². The summed E-state index contributed by atoms with van der Waals surface area (Å²) < 4.78 is 0. The summed E-state index contributed by atoms with van der Waals surface area (Å²) in [5, 5.41) is 0. The number of hydrogen-bond donors (Lipinski definition) is 1. The highest BCUT2D eigenvalue weighted by atomic mass is 14.7. The number of anilines is 1. The average Bonchev–Trinajstić information content (AvgIpc) is 3.19. The Morgan fingerprint density at radius 1 is 0.440 bits per heavy atom. The molecule has 0 saturated heterocycles. The maximum atomic E-state index is 6.43. The van der Waals surface area contributed by atoms with Crippen LogP contribution < -0.4 is 5.73 Å². The number of hydrogen-bond acceptors (Lipinski definition) is 2. The van der Waals surface area contributed by atoms with Crippen molar-refractivity contribution in [3.63, 3.8) is 0 Å². The van der Waals surface area contributed by atoms with Crippen LogP contribution in [0.15, 0.2) is 176 Å². The Hall–Kier alpha value is -6.25. The van der Waals surface area contributed by atoms with Crippen molar-refractivity contribution in [3.05, 3.63) is 187 Å². The Balaban J connectivity index is 1.20. The summed E-state index contributed by atoms with van der Waals surface area (Å²) in [6.07, 6.45) is 9.07. The molecule has 1 aliphatic carbocycles. The Labute approximate surface area is 295 Å². The van der Waals surface area contributed by atoms with Crippen molar-refractivity contribution >= 4 is 11.3 Å². The van der Waals surface area contributed by atoms with Gasteiger partial charge in [-0.2, -0.15) is 0 Å². The highest BCUT2D eigenvalue weighted by Gasteiger charge is 2.13. The molecule has 0 amide bonds. The molecule has 8 rings (SSSR count). The largest absolute Gasteiger partial charge is 0.398 e. The van der Waals surface area contributed by atoms with Gasteiger partial charge >= 0.3 is 0 Å². The molecule has 0 radical (unpaired) electrons. The van der Waals surface area contributed by atoms with E-state index in [4.69, 9.17) is 10.7 Å². The lowest BCUT2D eigenvalue weighted by Gasteiger charge is -2.14. The summed E-state index contributed by atoms with van der Waals surface area (Å²) in [5.74, 6) is 0. The lowest BCUT2D eigenvalue weighted by molar-refractivity contribution is 1.04. The average molecular weight is 643 g/mol. The van der Waals surface area contributed by atoms with Gasteiger partial charge in [0, 0.05) is 22.4 Å². The fourth-order valence-electron chi connectivity index (χ4n) is 6.81. The topological polar surface area (TPSA) is 38.9 Å². The molecular formula is C48H38N2. The molecule has 0 fully saturated rings. The third-order valence-electron chi connectivity index (χ3n) is 9.49. The summed E-state index contributed by atoms with van der Waals surface area (Å²) in [6, 6.07) is 56.1. The van der Waals surface area contributed by atoms with Crippen LogP contribution in [0.25, 0.3) is 72.6 Å². The minimum Gasteiger partial charge on any atom is -0.398 e. The van der Waals surface area contributed by atoms with Gasteiger partial charge in [-0.05, 0) is 118 Å². The minimum atomic E-state index is 0.771. The van der Waals surface area contributed by atoms with Gasteiger partial charge in [0.1, 0.15) is 0 Å². The monoisotopic (exact) mass is 642 g/mol. The van der Waals surface area contributed by atoms with Gasteiger partial charge in [0.25, 0.3) is 0 Å². The maximum absolute atomic E-state index is 6.43. The first-order valence-corrected chi connectivity index (χ1v) is 17.3. The molecule has 2 N–H and O–H groups in total. The van der Waals surface area contributed by atoms with Crippen molar-refractivity contribution in [2.75, 3.05) is 5.73 Å². The highest BCUT2D eigenvalue weighted by Crippen LogP contribution is 2.36. The summed E-state index contributed by atoms with van der Waals surface area (Å²) in [4.78, 5) is 5.19. The maximum Gasteiger partial charge on any atom is 0.0715 e. The number of aromatic nitrogens is 1. The SMILES string of the molecule is Cc1ccc(N)c(-c2cccc(-c3cc(-c4ccc(-c5cc(C6=CCCC=C6)cc(-c6ccccc6)c5)cc4)cc(-c4ccccc4)n3)c2)c1.